The van der Waals surface area contributed by atoms with E-state index in [0.717, 1.165) is 16.8 Å². The number of carbonyl (C=O) groups excluding carboxylic acids is 2. The number of hydrogen-bond acceptors (Lipinski definition) is 4. The number of rotatable bonds is 4. The molecule has 2 amide bonds. The third-order valence-corrected chi connectivity index (χ3v) is 6.22. The zero-order chi connectivity index (χ0) is 20.4. The van der Waals surface area contributed by atoms with Crippen molar-refractivity contribution in [3.63, 3.8) is 0 Å². The number of nitrogens with zero attached hydrogens (tertiary/aromatic N) is 2. The molecule has 1 aliphatic heterocycles. The van der Waals surface area contributed by atoms with Crippen molar-refractivity contribution in [1.29, 1.82) is 0 Å². The van der Waals surface area contributed by atoms with Crippen molar-refractivity contribution in [2.24, 2.45) is 4.99 Å². The van der Waals surface area contributed by atoms with Gasteiger partial charge >= 0.3 is 0 Å². The van der Waals surface area contributed by atoms with E-state index in [2.05, 4.69) is 16.4 Å². The van der Waals surface area contributed by atoms with E-state index in [1.807, 2.05) is 26.0 Å². The second-order valence-electron chi connectivity index (χ2n) is 6.60. The van der Waals surface area contributed by atoms with Gasteiger partial charge in [-0.15, -0.1) is 0 Å². The number of carbonyl (C=O) groups is 2. The van der Waals surface area contributed by atoms with E-state index in [4.69, 9.17) is 23.2 Å². The molecule has 0 aromatic heterocycles. The Kier molecular flexibility index (Phi) is 6.33. The first-order valence-electron chi connectivity index (χ1n) is 8.59. The van der Waals surface area contributed by atoms with E-state index in [1.54, 1.807) is 25.2 Å². The van der Waals surface area contributed by atoms with Crippen LogP contribution in [0.4, 0.5) is 11.4 Å². The number of benzene rings is 2. The highest BCUT2D eigenvalue weighted by Crippen LogP contribution is 2.33. The first-order chi connectivity index (χ1) is 13.2. The molecule has 2 aromatic rings. The van der Waals surface area contributed by atoms with Gasteiger partial charge in [0.1, 0.15) is 5.25 Å². The van der Waals surface area contributed by atoms with Crippen LogP contribution in [-0.2, 0) is 9.59 Å². The van der Waals surface area contributed by atoms with Crippen LogP contribution in [-0.4, -0.2) is 34.2 Å². The zero-order valence-electron chi connectivity index (χ0n) is 15.6. The van der Waals surface area contributed by atoms with E-state index in [1.165, 1.54) is 16.7 Å². The van der Waals surface area contributed by atoms with Gasteiger partial charge in [0.05, 0.1) is 21.4 Å². The van der Waals surface area contributed by atoms with E-state index in [-0.39, 0.29) is 23.3 Å². The van der Waals surface area contributed by atoms with Gasteiger partial charge < -0.3 is 5.32 Å². The molecular weight excluding hydrogens is 417 g/mol. The summed E-state index contributed by atoms with van der Waals surface area (Å²) < 4.78 is 0. The maximum Gasteiger partial charge on any atom is 0.242 e. The standard InChI is InChI=1S/C20H19Cl2N3O2S/c1-11-7-12(2)9-13(8-11)23-20-25(3)19(27)16(28-20)10-17(26)24-15-6-4-5-14(21)18(15)22/h4-9,16H,10H2,1-3H3,(H,24,26). The van der Waals surface area contributed by atoms with Crippen molar-refractivity contribution in [3.05, 3.63) is 57.6 Å². The normalized spacial score (nSPS) is 18.0. The fraction of sp³-hybridized carbons (Fsp3) is 0.250. The number of anilines is 1. The third-order valence-electron chi connectivity index (χ3n) is 4.17. The Labute approximate surface area is 178 Å². The summed E-state index contributed by atoms with van der Waals surface area (Å²) in [6.45, 7) is 4.00. The molecule has 146 valence electrons. The number of amides is 2. The zero-order valence-corrected chi connectivity index (χ0v) is 18.0. The molecule has 1 unspecified atom stereocenters. The largest absolute Gasteiger partial charge is 0.325 e. The molecule has 3 rings (SSSR count). The van der Waals surface area contributed by atoms with E-state index in [0.29, 0.717) is 15.9 Å². The van der Waals surface area contributed by atoms with Crippen LogP contribution in [0.5, 0.6) is 0 Å². The van der Waals surface area contributed by atoms with Crippen molar-refractivity contribution < 1.29 is 9.59 Å². The van der Waals surface area contributed by atoms with Crippen LogP contribution in [0.2, 0.25) is 10.0 Å². The van der Waals surface area contributed by atoms with Crippen LogP contribution in [0.25, 0.3) is 0 Å². The topological polar surface area (TPSA) is 61.8 Å². The van der Waals surface area contributed by atoms with Gasteiger partial charge in [-0.2, -0.15) is 0 Å². The molecule has 1 heterocycles. The Bertz CT molecular complexity index is 958. The van der Waals surface area contributed by atoms with Gasteiger partial charge in [-0.3, -0.25) is 14.5 Å². The van der Waals surface area contributed by atoms with Gasteiger partial charge in [-0.05, 0) is 49.2 Å². The van der Waals surface area contributed by atoms with Crippen LogP contribution in [0.15, 0.2) is 41.4 Å². The van der Waals surface area contributed by atoms with Gasteiger partial charge in [-0.1, -0.05) is 47.1 Å². The number of halogens is 2. The molecule has 2 aromatic carbocycles. The summed E-state index contributed by atoms with van der Waals surface area (Å²) in [6, 6.07) is 11.0. The van der Waals surface area contributed by atoms with Crippen molar-refractivity contribution in [2.75, 3.05) is 12.4 Å². The van der Waals surface area contributed by atoms with Crippen molar-refractivity contribution in [3.8, 4) is 0 Å². The predicted molar refractivity (Wildman–Crippen MR) is 117 cm³/mol. The highest BCUT2D eigenvalue weighted by Gasteiger charge is 2.37. The minimum absolute atomic E-state index is 0.0164. The summed E-state index contributed by atoms with van der Waals surface area (Å²) in [4.78, 5) is 31.0. The van der Waals surface area contributed by atoms with Crippen LogP contribution >= 0.6 is 35.0 Å². The first kappa shape index (κ1) is 20.7. The Morgan fingerprint density at radius 1 is 1.21 bits per heavy atom. The quantitative estimate of drug-likeness (QED) is 0.717. The van der Waals surface area contributed by atoms with Crippen LogP contribution < -0.4 is 5.32 Å². The van der Waals surface area contributed by atoms with Crippen molar-refractivity contribution in [2.45, 2.75) is 25.5 Å². The minimum Gasteiger partial charge on any atom is -0.325 e. The van der Waals surface area contributed by atoms with Gasteiger partial charge in [0.25, 0.3) is 0 Å². The Morgan fingerprint density at radius 2 is 1.89 bits per heavy atom. The molecule has 0 radical (unpaired) electrons. The summed E-state index contributed by atoms with van der Waals surface area (Å²) in [7, 11) is 1.67. The molecule has 1 aliphatic rings. The number of aryl methyl sites for hydroxylation is 2. The number of amidine groups is 1. The number of thioether (sulfide) groups is 1. The summed E-state index contributed by atoms with van der Waals surface area (Å²) in [6.07, 6.45) is 0.0164. The first-order valence-corrected chi connectivity index (χ1v) is 10.2. The number of nitrogens with one attached hydrogen (secondary N) is 1. The fourth-order valence-electron chi connectivity index (χ4n) is 2.89. The lowest BCUT2D eigenvalue weighted by Gasteiger charge is -2.10. The molecule has 1 atom stereocenters. The predicted octanol–water partition coefficient (Wildman–Crippen LogP) is 5.20. The average molecular weight is 436 g/mol. The lowest BCUT2D eigenvalue weighted by Crippen LogP contribution is -2.30. The molecule has 1 N–H and O–H groups in total. The molecule has 28 heavy (non-hydrogen) atoms. The Morgan fingerprint density at radius 3 is 2.57 bits per heavy atom. The van der Waals surface area contributed by atoms with Crippen molar-refractivity contribution >= 4 is 63.3 Å². The smallest absolute Gasteiger partial charge is 0.242 e. The Hall–Kier alpha value is -2.02. The fourth-order valence-corrected chi connectivity index (χ4v) is 4.39. The van der Waals surface area contributed by atoms with E-state index < -0.39 is 5.25 Å². The second-order valence-corrected chi connectivity index (χ2v) is 8.55. The van der Waals surface area contributed by atoms with Gasteiger partial charge in [0, 0.05) is 13.5 Å². The molecular formula is C20H19Cl2N3O2S. The molecule has 8 heteroatoms. The molecule has 1 fully saturated rings. The SMILES string of the molecule is Cc1cc(C)cc(N=C2SC(CC(=O)Nc3cccc(Cl)c3Cl)C(=O)N2C)c1. The summed E-state index contributed by atoms with van der Waals surface area (Å²) >= 11 is 13.3. The number of hydrogen-bond donors (Lipinski definition) is 1. The minimum atomic E-state index is -0.535. The van der Waals surface area contributed by atoms with Gasteiger partial charge in [0.15, 0.2) is 5.17 Å². The highest BCUT2D eigenvalue weighted by molar-refractivity contribution is 8.15. The molecule has 1 saturated heterocycles. The molecule has 0 bridgehead atoms. The lowest BCUT2D eigenvalue weighted by atomic mass is 10.1. The molecule has 0 saturated carbocycles. The lowest BCUT2D eigenvalue weighted by molar-refractivity contribution is -0.127. The molecule has 0 aliphatic carbocycles. The summed E-state index contributed by atoms with van der Waals surface area (Å²) in [5.41, 5.74) is 3.42. The van der Waals surface area contributed by atoms with E-state index in [9.17, 15) is 9.59 Å². The second kappa shape index (κ2) is 8.55. The molecule has 0 spiro atoms. The maximum absolute atomic E-state index is 12.5. The summed E-state index contributed by atoms with van der Waals surface area (Å²) in [5, 5.41) is 3.39. The Balaban J connectivity index is 1.71. The summed E-state index contributed by atoms with van der Waals surface area (Å²) in [5.74, 6) is -0.462. The van der Waals surface area contributed by atoms with Crippen LogP contribution in [0.3, 0.4) is 0 Å². The van der Waals surface area contributed by atoms with Crippen molar-refractivity contribution in [1.82, 2.24) is 4.90 Å². The van der Waals surface area contributed by atoms with E-state index >= 15 is 0 Å². The van der Waals surface area contributed by atoms with Crippen LogP contribution in [0, 0.1) is 13.8 Å². The highest BCUT2D eigenvalue weighted by atomic mass is 35.5. The maximum atomic E-state index is 12.5. The molecule has 5 nitrogen and oxygen atoms in total. The average Bonchev–Trinajstić information content (AvgIpc) is 2.86. The number of aliphatic imine (C=N–C) groups is 1. The third kappa shape index (κ3) is 4.69. The monoisotopic (exact) mass is 435 g/mol. The van der Waals surface area contributed by atoms with Gasteiger partial charge in [-0.25, -0.2) is 4.99 Å². The van der Waals surface area contributed by atoms with Gasteiger partial charge in [0.2, 0.25) is 11.8 Å². The van der Waals surface area contributed by atoms with Crippen LogP contribution in [0.1, 0.15) is 17.5 Å².